The minimum Gasteiger partial charge on any atom is -0.324 e. The SMILES string of the molecule is c1ccc(C2=NC(c3cccc(-c4ccc5sc6cc7ccccc7cc6c5c4)c3)N=C(c3ccc(-c4ccccc4)cc3)N2)cc1. The van der Waals surface area contributed by atoms with Crippen molar-refractivity contribution in [3.05, 3.63) is 180 Å². The minimum atomic E-state index is -0.382. The Labute approximate surface area is 277 Å². The highest BCUT2D eigenvalue weighted by molar-refractivity contribution is 7.25. The molecule has 1 aliphatic rings. The van der Waals surface area contributed by atoms with E-state index in [-0.39, 0.29) is 6.17 Å². The van der Waals surface area contributed by atoms with Crippen LogP contribution in [-0.2, 0) is 0 Å². The highest BCUT2D eigenvalue weighted by Gasteiger charge is 2.21. The van der Waals surface area contributed by atoms with E-state index in [9.17, 15) is 0 Å². The standard InChI is InChI=1S/C43H29N3S/c1-3-10-28(11-4-1)29-18-20-31(21-19-29)42-44-41(30-12-5-2-6-13-30)45-43(46-42)36-17-9-16-32(24-36)35-22-23-39-37(26-35)38-25-33-14-7-8-15-34(33)27-40(38)47-39/h1-27,43H,(H,44,45,46). The van der Waals surface area contributed by atoms with Crippen LogP contribution in [0.3, 0.4) is 0 Å². The summed E-state index contributed by atoms with van der Waals surface area (Å²) in [6.07, 6.45) is -0.382. The molecule has 8 aromatic rings. The Morgan fingerprint density at radius 3 is 1.68 bits per heavy atom. The van der Waals surface area contributed by atoms with Crippen LogP contribution in [-0.4, -0.2) is 11.7 Å². The molecule has 0 saturated heterocycles. The lowest BCUT2D eigenvalue weighted by atomic mass is 9.99. The van der Waals surface area contributed by atoms with Gasteiger partial charge in [0, 0.05) is 31.3 Å². The van der Waals surface area contributed by atoms with Crippen LogP contribution in [0.5, 0.6) is 0 Å². The fraction of sp³-hybridized carbons (Fsp3) is 0.0233. The minimum absolute atomic E-state index is 0.382. The monoisotopic (exact) mass is 619 g/mol. The van der Waals surface area contributed by atoms with Gasteiger partial charge in [0.2, 0.25) is 0 Å². The van der Waals surface area contributed by atoms with Gasteiger partial charge >= 0.3 is 0 Å². The summed E-state index contributed by atoms with van der Waals surface area (Å²) in [7, 11) is 0. The van der Waals surface area contributed by atoms with Crippen molar-refractivity contribution in [3.63, 3.8) is 0 Å². The first-order valence-corrected chi connectivity index (χ1v) is 16.7. The Morgan fingerprint density at radius 2 is 0.936 bits per heavy atom. The maximum Gasteiger partial charge on any atom is 0.169 e. The lowest BCUT2D eigenvalue weighted by Gasteiger charge is -2.23. The molecule has 7 aromatic carbocycles. The number of hydrogen-bond donors (Lipinski definition) is 1. The number of hydrogen-bond acceptors (Lipinski definition) is 4. The van der Waals surface area contributed by atoms with Gasteiger partial charge in [-0.1, -0.05) is 133 Å². The number of amidine groups is 2. The van der Waals surface area contributed by atoms with Gasteiger partial charge in [-0.2, -0.15) is 0 Å². The van der Waals surface area contributed by atoms with Crippen LogP contribution < -0.4 is 5.32 Å². The van der Waals surface area contributed by atoms with E-state index in [1.807, 2.05) is 35.6 Å². The fourth-order valence-corrected chi connectivity index (χ4v) is 7.58. The summed E-state index contributed by atoms with van der Waals surface area (Å²) in [5, 5.41) is 8.70. The van der Waals surface area contributed by atoms with E-state index in [1.54, 1.807) is 0 Å². The number of nitrogens with one attached hydrogen (secondary N) is 1. The summed E-state index contributed by atoms with van der Waals surface area (Å²) in [4.78, 5) is 10.3. The molecule has 0 bridgehead atoms. The number of rotatable bonds is 5. The first-order valence-electron chi connectivity index (χ1n) is 15.8. The Kier molecular flexibility index (Phi) is 6.72. The van der Waals surface area contributed by atoms with Crippen molar-refractivity contribution in [3.8, 4) is 22.3 Å². The normalized spacial score (nSPS) is 14.6. The number of nitrogens with zero attached hydrogens (tertiary/aromatic N) is 2. The topological polar surface area (TPSA) is 36.8 Å². The molecule has 0 amide bonds. The van der Waals surface area contributed by atoms with Gasteiger partial charge in [-0.25, -0.2) is 9.98 Å². The second kappa shape index (κ2) is 11.5. The molecule has 4 heteroatoms. The first-order chi connectivity index (χ1) is 23.2. The van der Waals surface area contributed by atoms with Crippen molar-refractivity contribution in [2.45, 2.75) is 6.17 Å². The number of aliphatic imine (C=N–C) groups is 2. The van der Waals surface area contributed by atoms with Gasteiger partial charge in [-0.05, 0) is 68.9 Å². The molecular formula is C43H29N3S. The van der Waals surface area contributed by atoms with Crippen LogP contribution >= 0.6 is 11.3 Å². The van der Waals surface area contributed by atoms with Crippen molar-refractivity contribution in [1.82, 2.24) is 5.32 Å². The Morgan fingerprint density at radius 1 is 0.404 bits per heavy atom. The van der Waals surface area contributed by atoms with Crippen LogP contribution in [0, 0.1) is 0 Å². The van der Waals surface area contributed by atoms with E-state index < -0.39 is 0 Å². The van der Waals surface area contributed by atoms with Crippen molar-refractivity contribution >= 4 is 54.0 Å². The molecule has 0 saturated carbocycles. The zero-order valence-electron chi connectivity index (χ0n) is 25.5. The fourth-order valence-electron chi connectivity index (χ4n) is 6.46. The van der Waals surface area contributed by atoms with Gasteiger partial charge in [0.1, 0.15) is 11.7 Å². The number of benzene rings is 7. The van der Waals surface area contributed by atoms with Gasteiger partial charge in [0.05, 0.1) is 0 Å². The maximum absolute atomic E-state index is 5.17. The van der Waals surface area contributed by atoms with Crippen LogP contribution in [0.2, 0.25) is 0 Å². The summed E-state index contributed by atoms with van der Waals surface area (Å²) in [5.74, 6) is 1.63. The second-order valence-electron chi connectivity index (χ2n) is 11.9. The molecule has 1 atom stereocenters. The van der Waals surface area contributed by atoms with Crippen molar-refractivity contribution in [2.75, 3.05) is 0 Å². The smallest absolute Gasteiger partial charge is 0.169 e. The van der Waals surface area contributed by atoms with Crippen molar-refractivity contribution < 1.29 is 0 Å². The van der Waals surface area contributed by atoms with Crippen LogP contribution in [0.15, 0.2) is 174 Å². The molecule has 0 aliphatic carbocycles. The van der Waals surface area contributed by atoms with E-state index in [0.717, 1.165) is 33.9 Å². The molecule has 3 nitrogen and oxygen atoms in total. The highest BCUT2D eigenvalue weighted by Crippen LogP contribution is 2.39. The molecule has 0 fully saturated rings. The zero-order valence-corrected chi connectivity index (χ0v) is 26.3. The summed E-state index contributed by atoms with van der Waals surface area (Å²) in [6, 6.07) is 58.1. The van der Waals surface area contributed by atoms with Gasteiger partial charge in [0.25, 0.3) is 0 Å². The van der Waals surface area contributed by atoms with Crippen molar-refractivity contribution in [2.24, 2.45) is 9.98 Å². The lowest BCUT2D eigenvalue weighted by molar-refractivity contribution is 0.756. The predicted octanol–water partition coefficient (Wildman–Crippen LogP) is 11.0. The molecule has 1 unspecified atom stereocenters. The summed E-state index contributed by atoms with van der Waals surface area (Å²) in [6.45, 7) is 0. The highest BCUT2D eigenvalue weighted by atomic mass is 32.1. The van der Waals surface area contributed by atoms with Crippen LogP contribution in [0.1, 0.15) is 22.9 Å². The van der Waals surface area contributed by atoms with E-state index in [1.165, 1.54) is 47.6 Å². The van der Waals surface area contributed by atoms with E-state index in [4.69, 9.17) is 9.98 Å². The van der Waals surface area contributed by atoms with Crippen LogP contribution in [0.25, 0.3) is 53.2 Å². The third-order valence-corrected chi connectivity index (χ3v) is 10.0. The summed E-state index contributed by atoms with van der Waals surface area (Å²) >= 11 is 1.86. The third-order valence-electron chi connectivity index (χ3n) is 8.91. The molecule has 222 valence electrons. The summed E-state index contributed by atoms with van der Waals surface area (Å²) < 4.78 is 2.62. The number of thiophene rings is 1. The molecule has 47 heavy (non-hydrogen) atoms. The summed E-state index contributed by atoms with van der Waals surface area (Å²) in [5.41, 5.74) is 7.83. The Bertz CT molecular complexity index is 2480. The molecular weight excluding hydrogens is 591 g/mol. The van der Waals surface area contributed by atoms with Crippen molar-refractivity contribution in [1.29, 1.82) is 0 Å². The molecule has 0 radical (unpaired) electrons. The van der Waals surface area contributed by atoms with Gasteiger partial charge in [-0.3, -0.25) is 0 Å². The molecule has 9 rings (SSSR count). The predicted molar refractivity (Wildman–Crippen MR) is 200 cm³/mol. The number of fused-ring (bicyclic) bond motifs is 4. The average molecular weight is 620 g/mol. The maximum atomic E-state index is 5.17. The van der Waals surface area contributed by atoms with E-state index >= 15 is 0 Å². The third kappa shape index (κ3) is 5.19. The van der Waals surface area contributed by atoms with Gasteiger partial charge in [-0.15, -0.1) is 11.3 Å². The largest absolute Gasteiger partial charge is 0.324 e. The zero-order chi connectivity index (χ0) is 31.2. The quantitative estimate of drug-likeness (QED) is 0.204. The molecule has 1 N–H and O–H groups in total. The van der Waals surface area contributed by atoms with E-state index in [0.29, 0.717) is 0 Å². The first kappa shape index (κ1) is 27.5. The molecule has 1 aromatic heterocycles. The van der Waals surface area contributed by atoms with E-state index in [2.05, 4.69) is 145 Å². The Hall–Kier alpha value is -5.84. The lowest BCUT2D eigenvalue weighted by Crippen LogP contribution is -2.36. The van der Waals surface area contributed by atoms with Crippen LogP contribution in [0.4, 0.5) is 0 Å². The molecule has 2 heterocycles. The van der Waals surface area contributed by atoms with Gasteiger partial charge in [0.15, 0.2) is 6.17 Å². The average Bonchev–Trinajstić information content (AvgIpc) is 3.51. The molecule has 1 aliphatic heterocycles. The molecule has 0 spiro atoms. The second-order valence-corrected chi connectivity index (χ2v) is 13.0. The van der Waals surface area contributed by atoms with Gasteiger partial charge < -0.3 is 5.32 Å². The Balaban J connectivity index is 1.11.